The van der Waals surface area contributed by atoms with Crippen LogP contribution in [-0.2, 0) is 19.5 Å². The van der Waals surface area contributed by atoms with Gasteiger partial charge in [0, 0.05) is 49.9 Å². The van der Waals surface area contributed by atoms with Crippen LogP contribution in [0.25, 0.3) is 10.7 Å². The molecule has 1 aliphatic heterocycles. The van der Waals surface area contributed by atoms with E-state index in [-0.39, 0.29) is 0 Å². The predicted molar refractivity (Wildman–Crippen MR) is 88.6 cm³/mol. The van der Waals surface area contributed by atoms with E-state index in [0.29, 0.717) is 0 Å². The van der Waals surface area contributed by atoms with Crippen LogP contribution in [0.2, 0.25) is 0 Å². The van der Waals surface area contributed by atoms with Crippen LogP contribution in [0.3, 0.4) is 0 Å². The summed E-state index contributed by atoms with van der Waals surface area (Å²) in [6.45, 7) is 2.67. The molecule has 0 saturated heterocycles. The molecule has 116 valence electrons. The van der Waals surface area contributed by atoms with Crippen molar-refractivity contribution in [3.63, 3.8) is 0 Å². The summed E-state index contributed by atoms with van der Waals surface area (Å²) in [7, 11) is 0. The van der Waals surface area contributed by atoms with Gasteiger partial charge >= 0.3 is 0 Å². The average molecular weight is 324 g/mol. The van der Waals surface area contributed by atoms with Crippen LogP contribution < -0.4 is 4.73 Å². The maximum absolute atomic E-state index is 11.1. The molecule has 0 radical (unpaired) electrons. The molecule has 0 bridgehead atoms. The van der Waals surface area contributed by atoms with Gasteiger partial charge < -0.3 is 5.21 Å². The Labute approximate surface area is 138 Å². The van der Waals surface area contributed by atoms with Crippen LogP contribution in [0.4, 0.5) is 0 Å². The van der Waals surface area contributed by atoms with Crippen molar-refractivity contribution < 1.29 is 4.73 Å². The third-order valence-corrected chi connectivity index (χ3v) is 4.90. The number of thiophene rings is 1. The molecule has 3 aromatic heterocycles. The lowest BCUT2D eigenvalue weighted by molar-refractivity contribution is -0.605. The van der Waals surface area contributed by atoms with E-state index < -0.39 is 0 Å². The molecule has 0 N–H and O–H groups in total. The van der Waals surface area contributed by atoms with Gasteiger partial charge in [-0.15, -0.1) is 11.3 Å². The normalized spacial score (nSPS) is 14.6. The highest BCUT2D eigenvalue weighted by molar-refractivity contribution is 7.13. The minimum Gasteiger partial charge on any atom is -0.619 e. The van der Waals surface area contributed by atoms with E-state index in [2.05, 4.69) is 16.0 Å². The largest absolute Gasteiger partial charge is 0.619 e. The summed E-state index contributed by atoms with van der Waals surface area (Å²) >= 11 is 1.67. The van der Waals surface area contributed by atoms with Crippen LogP contribution in [0, 0.1) is 5.21 Å². The first-order chi connectivity index (χ1) is 11.3. The summed E-state index contributed by atoms with van der Waals surface area (Å²) < 4.78 is 0.814. The predicted octanol–water partition coefficient (Wildman–Crippen LogP) is 2.40. The van der Waals surface area contributed by atoms with Gasteiger partial charge in [-0.2, -0.15) is 4.73 Å². The van der Waals surface area contributed by atoms with E-state index in [0.717, 1.165) is 52.7 Å². The number of hydrogen-bond acceptors (Lipinski definition) is 5. The van der Waals surface area contributed by atoms with Crippen molar-refractivity contribution in [1.82, 2.24) is 14.9 Å². The monoisotopic (exact) mass is 324 g/mol. The zero-order chi connectivity index (χ0) is 15.6. The molecule has 23 heavy (non-hydrogen) atoms. The van der Waals surface area contributed by atoms with Crippen LogP contribution in [0.5, 0.6) is 0 Å². The highest BCUT2D eigenvalue weighted by Crippen LogP contribution is 2.24. The van der Waals surface area contributed by atoms with Gasteiger partial charge in [-0.25, -0.2) is 9.97 Å². The zero-order valence-electron chi connectivity index (χ0n) is 12.6. The lowest BCUT2D eigenvalue weighted by Gasteiger charge is -2.27. The minimum absolute atomic E-state index is 0.814. The molecule has 0 aliphatic carbocycles. The maximum atomic E-state index is 11.1. The number of fused-ring (bicyclic) bond motifs is 1. The number of aromatic nitrogens is 3. The second kappa shape index (κ2) is 6.06. The van der Waals surface area contributed by atoms with Crippen molar-refractivity contribution in [3.8, 4) is 10.7 Å². The molecule has 0 atom stereocenters. The van der Waals surface area contributed by atoms with Gasteiger partial charge in [0.05, 0.1) is 10.6 Å². The molecule has 4 heterocycles. The molecule has 0 unspecified atom stereocenters. The van der Waals surface area contributed by atoms with E-state index in [4.69, 9.17) is 4.98 Å². The van der Waals surface area contributed by atoms with Crippen LogP contribution >= 0.6 is 11.3 Å². The van der Waals surface area contributed by atoms with Gasteiger partial charge in [0.1, 0.15) is 0 Å². The summed E-state index contributed by atoms with van der Waals surface area (Å²) in [6.07, 6.45) is 5.98. The Morgan fingerprint density at radius 2 is 2.13 bits per heavy atom. The molecule has 0 aromatic carbocycles. The van der Waals surface area contributed by atoms with Gasteiger partial charge in [-0.1, -0.05) is 6.07 Å². The molecule has 0 spiro atoms. The van der Waals surface area contributed by atoms with Crippen molar-refractivity contribution in [1.29, 1.82) is 0 Å². The average Bonchev–Trinajstić information content (AvgIpc) is 3.11. The fraction of sp³-hybridized carbons (Fsp3) is 0.235. The Hall–Kier alpha value is -2.31. The van der Waals surface area contributed by atoms with Gasteiger partial charge in [0.25, 0.3) is 0 Å². The van der Waals surface area contributed by atoms with Gasteiger partial charge in [-0.3, -0.25) is 4.90 Å². The van der Waals surface area contributed by atoms with Crippen molar-refractivity contribution in [2.45, 2.75) is 19.5 Å². The SMILES string of the molecule is [O-][n+]1ccc(CN2CCc3nc(-c4cccs4)ncc3C2)cc1. The topological polar surface area (TPSA) is 56.0 Å². The fourth-order valence-corrected chi connectivity index (χ4v) is 3.51. The molecular weight excluding hydrogens is 308 g/mol. The smallest absolute Gasteiger partial charge is 0.180 e. The molecule has 0 fully saturated rings. The first-order valence-electron chi connectivity index (χ1n) is 7.57. The first-order valence-corrected chi connectivity index (χ1v) is 8.44. The van der Waals surface area contributed by atoms with Gasteiger partial charge in [0.15, 0.2) is 18.2 Å². The van der Waals surface area contributed by atoms with Crippen molar-refractivity contribution in [3.05, 3.63) is 70.3 Å². The number of nitrogens with zero attached hydrogens (tertiary/aromatic N) is 4. The first kappa shape index (κ1) is 14.3. The van der Waals surface area contributed by atoms with Crippen molar-refractivity contribution in [2.75, 3.05) is 6.54 Å². The summed E-state index contributed by atoms with van der Waals surface area (Å²) in [5, 5.41) is 13.1. The lowest BCUT2D eigenvalue weighted by Crippen LogP contribution is -2.31. The van der Waals surface area contributed by atoms with E-state index >= 15 is 0 Å². The van der Waals surface area contributed by atoms with Crippen molar-refractivity contribution in [2.24, 2.45) is 0 Å². The molecule has 1 aliphatic rings. The molecule has 5 nitrogen and oxygen atoms in total. The third kappa shape index (κ3) is 3.09. The van der Waals surface area contributed by atoms with E-state index in [9.17, 15) is 5.21 Å². The summed E-state index contributed by atoms with van der Waals surface area (Å²) in [5.74, 6) is 0.829. The number of hydrogen-bond donors (Lipinski definition) is 0. The van der Waals surface area contributed by atoms with Gasteiger partial charge in [0.2, 0.25) is 0 Å². The Kier molecular flexibility index (Phi) is 3.77. The van der Waals surface area contributed by atoms with Crippen LogP contribution in [0.15, 0.2) is 48.2 Å². The summed E-state index contributed by atoms with van der Waals surface area (Å²) in [5.41, 5.74) is 3.51. The number of rotatable bonds is 3. The minimum atomic E-state index is 0.814. The van der Waals surface area contributed by atoms with E-state index in [1.807, 2.05) is 29.8 Å². The number of pyridine rings is 1. The molecule has 3 aromatic rings. The highest BCUT2D eigenvalue weighted by atomic mass is 32.1. The quantitative estimate of drug-likeness (QED) is 0.548. The van der Waals surface area contributed by atoms with Crippen LogP contribution in [0.1, 0.15) is 16.8 Å². The molecule has 0 amide bonds. The lowest BCUT2D eigenvalue weighted by atomic mass is 10.1. The fourth-order valence-electron chi connectivity index (χ4n) is 2.84. The molecule has 6 heteroatoms. The Balaban J connectivity index is 1.50. The summed E-state index contributed by atoms with van der Waals surface area (Å²) in [4.78, 5) is 12.7. The standard InChI is InChI=1S/C17H16N4OS/c22-21-7-3-13(4-8-21)11-20-6-5-15-14(12-20)10-18-17(19-15)16-2-1-9-23-16/h1-4,7-10H,5-6,11-12H2. The second-order valence-corrected chi connectivity index (χ2v) is 6.62. The van der Waals surface area contributed by atoms with Crippen molar-refractivity contribution >= 4 is 11.3 Å². The Bertz CT molecular complexity index is 802. The van der Waals surface area contributed by atoms with E-state index in [1.54, 1.807) is 23.7 Å². The second-order valence-electron chi connectivity index (χ2n) is 5.67. The molecular formula is C17H16N4OS. The van der Waals surface area contributed by atoms with Crippen LogP contribution in [-0.4, -0.2) is 21.4 Å². The zero-order valence-corrected chi connectivity index (χ0v) is 13.4. The summed E-state index contributed by atoms with van der Waals surface area (Å²) in [6, 6.07) is 7.83. The van der Waals surface area contributed by atoms with E-state index in [1.165, 1.54) is 5.56 Å². The highest BCUT2D eigenvalue weighted by Gasteiger charge is 2.19. The third-order valence-electron chi connectivity index (χ3n) is 4.03. The Morgan fingerprint density at radius 3 is 2.91 bits per heavy atom. The molecule has 0 saturated carbocycles. The maximum Gasteiger partial charge on any atom is 0.180 e. The molecule has 4 rings (SSSR count). The van der Waals surface area contributed by atoms with Gasteiger partial charge in [-0.05, 0) is 17.0 Å². The Morgan fingerprint density at radius 1 is 1.26 bits per heavy atom.